The van der Waals surface area contributed by atoms with Crippen molar-refractivity contribution in [2.24, 2.45) is 5.92 Å². The highest BCUT2D eigenvalue weighted by Crippen LogP contribution is 2.44. The van der Waals surface area contributed by atoms with Gasteiger partial charge >= 0.3 is 0 Å². The fourth-order valence-electron chi connectivity index (χ4n) is 5.00. The lowest BCUT2D eigenvalue weighted by Crippen LogP contribution is -2.62. The molecule has 0 aliphatic carbocycles. The first-order valence-corrected chi connectivity index (χ1v) is 10.4. The molecule has 150 valence electrons. The van der Waals surface area contributed by atoms with Gasteiger partial charge in [0.25, 0.3) is 5.91 Å². The maximum Gasteiger partial charge on any atom is 0.257 e. The molecule has 0 N–H and O–H groups in total. The molecule has 0 radical (unpaired) electrons. The minimum atomic E-state index is -0.634. The molecule has 1 aromatic carbocycles. The van der Waals surface area contributed by atoms with E-state index in [1.165, 1.54) is 6.42 Å². The summed E-state index contributed by atoms with van der Waals surface area (Å²) in [4.78, 5) is 43.9. The van der Waals surface area contributed by atoms with Crippen molar-refractivity contribution < 1.29 is 14.4 Å². The van der Waals surface area contributed by atoms with Crippen LogP contribution in [-0.4, -0.2) is 52.8 Å². The van der Waals surface area contributed by atoms with Gasteiger partial charge in [-0.1, -0.05) is 19.1 Å². The fourth-order valence-corrected chi connectivity index (χ4v) is 5.00. The number of anilines is 1. The summed E-state index contributed by atoms with van der Waals surface area (Å²) in [5, 5.41) is 0. The third-order valence-electron chi connectivity index (χ3n) is 6.53. The van der Waals surface area contributed by atoms with Gasteiger partial charge in [0.05, 0.1) is 11.3 Å². The second-order valence-corrected chi connectivity index (χ2v) is 8.61. The van der Waals surface area contributed by atoms with Gasteiger partial charge in [-0.15, -0.1) is 0 Å². The number of hydrogen-bond acceptors (Lipinski definition) is 3. The van der Waals surface area contributed by atoms with Crippen molar-refractivity contribution in [2.45, 2.75) is 58.0 Å². The predicted octanol–water partition coefficient (Wildman–Crippen LogP) is 3.02. The van der Waals surface area contributed by atoms with E-state index in [1.54, 1.807) is 11.0 Å². The van der Waals surface area contributed by atoms with Gasteiger partial charge in [0.1, 0.15) is 5.66 Å². The van der Waals surface area contributed by atoms with Crippen LogP contribution in [0.15, 0.2) is 24.3 Å². The highest BCUT2D eigenvalue weighted by atomic mass is 16.2. The largest absolute Gasteiger partial charge is 0.342 e. The van der Waals surface area contributed by atoms with Crippen LogP contribution >= 0.6 is 0 Å². The molecule has 2 saturated heterocycles. The molecule has 3 aliphatic heterocycles. The van der Waals surface area contributed by atoms with Gasteiger partial charge in [-0.05, 0) is 50.7 Å². The average Bonchev–Trinajstić information content (AvgIpc) is 3.00. The van der Waals surface area contributed by atoms with Gasteiger partial charge in [0, 0.05) is 32.5 Å². The molecule has 2 fully saturated rings. The molecule has 28 heavy (non-hydrogen) atoms. The first kappa shape index (κ1) is 19.0. The van der Waals surface area contributed by atoms with Crippen molar-refractivity contribution in [3.8, 4) is 0 Å². The monoisotopic (exact) mass is 383 g/mol. The molecule has 6 heteroatoms. The van der Waals surface area contributed by atoms with Crippen molar-refractivity contribution >= 4 is 23.4 Å². The summed E-state index contributed by atoms with van der Waals surface area (Å²) in [6.45, 7) is 6.34. The summed E-state index contributed by atoms with van der Waals surface area (Å²) in [7, 11) is 0. The zero-order valence-electron chi connectivity index (χ0n) is 16.8. The van der Waals surface area contributed by atoms with Crippen LogP contribution in [0, 0.1) is 5.92 Å². The van der Waals surface area contributed by atoms with Gasteiger partial charge in [-0.25, -0.2) is 0 Å². The molecule has 0 spiro atoms. The Morgan fingerprint density at radius 1 is 1.25 bits per heavy atom. The second-order valence-electron chi connectivity index (χ2n) is 8.61. The Hall–Kier alpha value is -2.37. The van der Waals surface area contributed by atoms with E-state index >= 15 is 0 Å². The van der Waals surface area contributed by atoms with E-state index in [-0.39, 0.29) is 17.7 Å². The maximum atomic E-state index is 13.2. The van der Waals surface area contributed by atoms with Crippen molar-refractivity contribution in [2.75, 3.05) is 24.5 Å². The fraction of sp³-hybridized carbons (Fsp3) is 0.591. The third-order valence-corrected chi connectivity index (χ3v) is 6.53. The topological polar surface area (TPSA) is 60.9 Å². The zero-order chi connectivity index (χ0) is 19.9. The van der Waals surface area contributed by atoms with Gasteiger partial charge in [0.15, 0.2) is 0 Å². The molecule has 3 heterocycles. The van der Waals surface area contributed by atoms with Crippen LogP contribution in [0.2, 0.25) is 0 Å². The first-order chi connectivity index (χ1) is 13.4. The molecule has 4 rings (SSSR count). The quantitative estimate of drug-likeness (QED) is 0.803. The smallest absolute Gasteiger partial charge is 0.257 e. The van der Waals surface area contributed by atoms with E-state index in [4.69, 9.17) is 0 Å². The highest BCUT2D eigenvalue weighted by molar-refractivity contribution is 6.10. The molecule has 3 aliphatic rings. The van der Waals surface area contributed by atoms with E-state index < -0.39 is 5.66 Å². The number of hydrogen-bond donors (Lipinski definition) is 0. The number of likely N-dealkylation sites (tertiary alicyclic amines) is 1. The Morgan fingerprint density at radius 2 is 2.04 bits per heavy atom. The normalized spacial score (nSPS) is 27.1. The predicted molar refractivity (Wildman–Crippen MR) is 107 cm³/mol. The number of piperidine rings is 1. The lowest BCUT2D eigenvalue weighted by atomic mass is 9.97. The third kappa shape index (κ3) is 3.09. The lowest BCUT2D eigenvalue weighted by Gasteiger charge is -2.48. The molecule has 0 saturated carbocycles. The van der Waals surface area contributed by atoms with E-state index in [2.05, 4.69) is 6.92 Å². The standard InChI is InChI=1S/C22H29N3O3/c1-16-7-5-13-23(15-16)19(26)10-6-14-24-21(28)17-8-3-4-9-18(17)25-20(27)11-12-22(24,25)2/h3-4,8-9,16H,5-7,10-15H2,1-2H3. The van der Waals surface area contributed by atoms with E-state index in [9.17, 15) is 14.4 Å². The van der Waals surface area contributed by atoms with Crippen LogP contribution in [-0.2, 0) is 9.59 Å². The number of nitrogens with zero attached hydrogens (tertiary/aromatic N) is 3. The number of carbonyl (C=O) groups excluding carboxylic acids is 3. The van der Waals surface area contributed by atoms with E-state index in [1.807, 2.05) is 34.9 Å². The molecule has 6 nitrogen and oxygen atoms in total. The number of amides is 3. The second kappa shape index (κ2) is 7.22. The molecular weight excluding hydrogens is 354 g/mol. The van der Waals surface area contributed by atoms with Crippen LogP contribution in [0.1, 0.15) is 62.7 Å². The van der Waals surface area contributed by atoms with Crippen LogP contribution in [0.5, 0.6) is 0 Å². The van der Waals surface area contributed by atoms with Crippen molar-refractivity contribution in [1.29, 1.82) is 0 Å². The van der Waals surface area contributed by atoms with Crippen molar-refractivity contribution in [3.63, 3.8) is 0 Å². The molecule has 1 aromatic rings. The SMILES string of the molecule is CC1CCCN(C(=O)CCCN2C(=O)c3ccccc3N3C(=O)CCC23C)C1. The van der Waals surface area contributed by atoms with Gasteiger partial charge in [-0.3, -0.25) is 19.3 Å². The lowest BCUT2D eigenvalue weighted by molar-refractivity contribution is -0.133. The highest BCUT2D eigenvalue weighted by Gasteiger charge is 2.52. The molecule has 3 amide bonds. The van der Waals surface area contributed by atoms with Crippen LogP contribution in [0.4, 0.5) is 5.69 Å². The van der Waals surface area contributed by atoms with Gasteiger partial charge in [-0.2, -0.15) is 0 Å². The van der Waals surface area contributed by atoms with Crippen molar-refractivity contribution in [1.82, 2.24) is 9.80 Å². The number of fused-ring (bicyclic) bond motifs is 3. The minimum Gasteiger partial charge on any atom is -0.342 e. The number of benzene rings is 1. The van der Waals surface area contributed by atoms with Gasteiger partial charge < -0.3 is 9.80 Å². The Labute approximate surface area is 166 Å². The molecule has 0 aromatic heterocycles. The Bertz CT molecular complexity index is 808. The van der Waals surface area contributed by atoms with Crippen LogP contribution in [0.25, 0.3) is 0 Å². The van der Waals surface area contributed by atoms with Crippen LogP contribution in [0.3, 0.4) is 0 Å². The number of para-hydroxylation sites is 1. The summed E-state index contributed by atoms with van der Waals surface area (Å²) >= 11 is 0. The Morgan fingerprint density at radius 3 is 2.82 bits per heavy atom. The van der Waals surface area contributed by atoms with E-state index in [0.29, 0.717) is 49.4 Å². The summed E-state index contributed by atoms with van der Waals surface area (Å²) in [5.41, 5.74) is 0.657. The van der Waals surface area contributed by atoms with Crippen LogP contribution < -0.4 is 4.90 Å². The molecular formula is C22H29N3O3. The van der Waals surface area contributed by atoms with Crippen molar-refractivity contribution in [3.05, 3.63) is 29.8 Å². The summed E-state index contributed by atoms with van der Waals surface area (Å²) in [6, 6.07) is 7.34. The summed E-state index contributed by atoms with van der Waals surface area (Å²) in [6.07, 6.45) is 4.40. The molecule has 2 unspecified atom stereocenters. The summed E-state index contributed by atoms with van der Waals surface area (Å²) in [5.74, 6) is 0.768. The zero-order valence-corrected chi connectivity index (χ0v) is 16.8. The Balaban J connectivity index is 1.48. The first-order valence-electron chi connectivity index (χ1n) is 10.4. The molecule has 2 atom stereocenters. The number of carbonyl (C=O) groups is 3. The van der Waals surface area contributed by atoms with E-state index in [0.717, 1.165) is 19.5 Å². The van der Waals surface area contributed by atoms with Gasteiger partial charge in [0.2, 0.25) is 11.8 Å². The Kier molecular flexibility index (Phi) is 4.89. The number of rotatable bonds is 4. The average molecular weight is 383 g/mol. The maximum absolute atomic E-state index is 13.2. The molecule has 0 bridgehead atoms. The summed E-state index contributed by atoms with van der Waals surface area (Å²) < 4.78 is 0. The minimum absolute atomic E-state index is 0.0388.